The van der Waals surface area contributed by atoms with Crippen LogP contribution in [0.3, 0.4) is 0 Å². The lowest BCUT2D eigenvalue weighted by Gasteiger charge is -2.07. The lowest BCUT2D eigenvalue weighted by atomic mass is 9.96. The van der Waals surface area contributed by atoms with Gasteiger partial charge in [-0.05, 0) is 25.5 Å². The minimum absolute atomic E-state index is 0.0360. The van der Waals surface area contributed by atoms with Gasteiger partial charge in [0.2, 0.25) is 0 Å². The lowest BCUT2D eigenvalue weighted by molar-refractivity contribution is -0.115. The van der Waals surface area contributed by atoms with E-state index in [1.807, 2.05) is 51.1 Å². The van der Waals surface area contributed by atoms with Gasteiger partial charge in [-0.1, -0.05) is 42.8 Å². The minimum Gasteiger partial charge on any atom is -0.294 e. The van der Waals surface area contributed by atoms with Gasteiger partial charge < -0.3 is 0 Å². The SMILES string of the molecule is CC(C)=CC(=O)C(C)c1ccccc1. The Labute approximate surface area is 85.5 Å². The summed E-state index contributed by atoms with van der Waals surface area (Å²) in [5, 5.41) is 0. The Hall–Kier alpha value is -1.37. The van der Waals surface area contributed by atoms with Gasteiger partial charge >= 0.3 is 0 Å². The second-order valence-electron chi connectivity index (χ2n) is 3.76. The summed E-state index contributed by atoms with van der Waals surface area (Å²) in [7, 11) is 0. The molecular weight excluding hydrogens is 172 g/mol. The van der Waals surface area contributed by atoms with Crippen molar-refractivity contribution in [1.29, 1.82) is 0 Å². The van der Waals surface area contributed by atoms with Crippen molar-refractivity contribution in [3.8, 4) is 0 Å². The summed E-state index contributed by atoms with van der Waals surface area (Å²) in [6.07, 6.45) is 1.71. The molecule has 0 aliphatic heterocycles. The third kappa shape index (κ3) is 2.84. The fourth-order valence-corrected chi connectivity index (χ4v) is 1.32. The largest absolute Gasteiger partial charge is 0.294 e. The zero-order valence-electron chi connectivity index (χ0n) is 8.95. The van der Waals surface area contributed by atoms with Gasteiger partial charge in [-0.15, -0.1) is 0 Å². The maximum Gasteiger partial charge on any atom is 0.162 e. The van der Waals surface area contributed by atoms with Crippen LogP contribution in [0.15, 0.2) is 42.0 Å². The summed E-state index contributed by atoms with van der Waals surface area (Å²) in [6.45, 7) is 5.82. The molecule has 0 spiro atoms. The van der Waals surface area contributed by atoms with Gasteiger partial charge in [0.25, 0.3) is 0 Å². The van der Waals surface area contributed by atoms with Gasteiger partial charge in [-0.2, -0.15) is 0 Å². The first-order chi connectivity index (χ1) is 6.61. The first-order valence-corrected chi connectivity index (χ1v) is 4.85. The Bertz CT molecular complexity index is 332. The molecule has 0 heterocycles. The van der Waals surface area contributed by atoms with Gasteiger partial charge in [-0.3, -0.25) is 4.79 Å². The van der Waals surface area contributed by atoms with Gasteiger partial charge in [0.15, 0.2) is 5.78 Å². The Morgan fingerprint density at radius 2 is 1.79 bits per heavy atom. The van der Waals surface area contributed by atoms with Crippen LogP contribution < -0.4 is 0 Å². The van der Waals surface area contributed by atoms with E-state index in [9.17, 15) is 4.79 Å². The Morgan fingerprint density at radius 3 is 2.29 bits per heavy atom. The normalized spacial score (nSPS) is 11.9. The van der Waals surface area contributed by atoms with Crippen molar-refractivity contribution in [3.63, 3.8) is 0 Å². The number of allylic oxidation sites excluding steroid dienone is 2. The molecule has 0 bridgehead atoms. The average molecular weight is 188 g/mol. The van der Waals surface area contributed by atoms with E-state index in [1.165, 1.54) is 0 Å². The van der Waals surface area contributed by atoms with Crippen LogP contribution in [0.4, 0.5) is 0 Å². The van der Waals surface area contributed by atoms with E-state index in [1.54, 1.807) is 6.08 Å². The second kappa shape index (κ2) is 4.75. The molecule has 0 aliphatic rings. The van der Waals surface area contributed by atoms with Crippen LogP contribution >= 0.6 is 0 Å². The molecule has 1 aromatic carbocycles. The van der Waals surface area contributed by atoms with E-state index < -0.39 is 0 Å². The van der Waals surface area contributed by atoms with Crippen LogP contribution in [0.2, 0.25) is 0 Å². The molecule has 14 heavy (non-hydrogen) atoms. The molecule has 0 saturated heterocycles. The van der Waals surface area contributed by atoms with E-state index >= 15 is 0 Å². The number of rotatable bonds is 3. The van der Waals surface area contributed by atoms with Gasteiger partial charge in [0.05, 0.1) is 0 Å². The molecule has 1 aromatic rings. The lowest BCUT2D eigenvalue weighted by Crippen LogP contribution is -2.06. The zero-order chi connectivity index (χ0) is 10.6. The molecule has 1 nitrogen and oxygen atoms in total. The van der Waals surface area contributed by atoms with Crippen molar-refractivity contribution in [2.45, 2.75) is 26.7 Å². The Balaban J connectivity index is 2.81. The molecule has 0 aliphatic carbocycles. The Kier molecular flexibility index (Phi) is 3.63. The highest BCUT2D eigenvalue weighted by molar-refractivity contribution is 5.95. The van der Waals surface area contributed by atoms with E-state index in [0.717, 1.165) is 11.1 Å². The molecule has 74 valence electrons. The van der Waals surface area contributed by atoms with Crippen molar-refractivity contribution in [1.82, 2.24) is 0 Å². The predicted octanol–water partition coefficient (Wildman–Crippen LogP) is 3.33. The number of hydrogen-bond donors (Lipinski definition) is 0. The van der Waals surface area contributed by atoms with E-state index in [0.29, 0.717) is 0 Å². The minimum atomic E-state index is -0.0360. The Morgan fingerprint density at radius 1 is 1.21 bits per heavy atom. The number of carbonyl (C=O) groups excluding carboxylic acids is 1. The predicted molar refractivity (Wildman–Crippen MR) is 59.3 cm³/mol. The van der Waals surface area contributed by atoms with Gasteiger partial charge in [-0.25, -0.2) is 0 Å². The third-order valence-corrected chi connectivity index (χ3v) is 2.16. The fraction of sp³-hybridized carbons (Fsp3) is 0.308. The molecule has 0 N–H and O–H groups in total. The molecule has 0 fully saturated rings. The third-order valence-electron chi connectivity index (χ3n) is 2.16. The highest BCUT2D eigenvalue weighted by Gasteiger charge is 2.11. The molecule has 0 saturated carbocycles. The fourth-order valence-electron chi connectivity index (χ4n) is 1.32. The van der Waals surface area contributed by atoms with E-state index in [2.05, 4.69) is 0 Å². The molecule has 1 heteroatoms. The van der Waals surface area contributed by atoms with Crippen molar-refractivity contribution < 1.29 is 4.79 Å². The molecule has 0 radical (unpaired) electrons. The van der Waals surface area contributed by atoms with Crippen LogP contribution in [0, 0.1) is 0 Å². The molecule has 0 aromatic heterocycles. The van der Waals surface area contributed by atoms with E-state index in [4.69, 9.17) is 0 Å². The summed E-state index contributed by atoms with van der Waals surface area (Å²) in [5.41, 5.74) is 2.13. The van der Waals surface area contributed by atoms with Crippen LogP contribution in [0.5, 0.6) is 0 Å². The van der Waals surface area contributed by atoms with Crippen molar-refractivity contribution in [2.24, 2.45) is 0 Å². The van der Waals surface area contributed by atoms with Crippen LogP contribution in [-0.4, -0.2) is 5.78 Å². The van der Waals surface area contributed by atoms with Crippen LogP contribution in [-0.2, 0) is 4.79 Å². The summed E-state index contributed by atoms with van der Waals surface area (Å²) >= 11 is 0. The van der Waals surface area contributed by atoms with Crippen LogP contribution in [0.25, 0.3) is 0 Å². The topological polar surface area (TPSA) is 17.1 Å². The van der Waals surface area contributed by atoms with Crippen molar-refractivity contribution in [3.05, 3.63) is 47.5 Å². The first kappa shape index (κ1) is 10.7. The smallest absolute Gasteiger partial charge is 0.162 e. The average Bonchev–Trinajstić information content (AvgIpc) is 2.17. The van der Waals surface area contributed by atoms with Crippen LogP contribution in [0.1, 0.15) is 32.3 Å². The number of carbonyl (C=O) groups is 1. The molecule has 1 rings (SSSR count). The highest BCUT2D eigenvalue weighted by Crippen LogP contribution is 2.16. The summed E-state index contributed by atoms with van der Waals surface area (Å²) in [6, 6.07) is 9.85. The molecule has 1 unspecified atom stereocenters. The van der Waals surface area contributed by atoms with Gasteiger partial charge in [0.1, 0.15) is 0 Å². The maximum atomic E-state index is 11.7. The monoisotopic (exact) mass is 188 g/mol. The zero-order valence-corrected chi connectivity index (χ0v) is 8.95. The summed E-state index contributed by atoms with van der Waals surface area (Å²) in [5.74, 6) is 0.141. The van der Waals surface area contributed by atoms with E-state index in [-0.39, 0.29) is 11.7 Å². The quantitative estimate of drug-likeness (QED) is 0.665. The van der Waals surface area contributed by atoms with Crippen molar-refractivity contribution in [2.75, 3.05) is 0 Å². The van der Waals surface area contributed by atoms with Gasteiger partial charge in [0, 0.05) is 5.92 Å². The standard InChI is InChI=1S/C13H16O/c1-10(2)9-13(14)11(3)12-7-5-4-6-8-12/h4-9,11H,1-3H3. The second-order valence-corrected chi connectivity index (χ2v) is 3.76. The highest BCUT2D eigenvalue weighted by atomic mass is 16.1. The molecular formula is C13H16O. The first-order valence-electron chi connectivity index (χ1n) is 4.85. The molecule has 1 atom stereocenters. The summed E-state index contributed by atoms with van der Waals surface area (Å²) < 4.78 is 0. The summed E-state index contributed by atoms with van der Waals surface area (Å²) in [4.78, 5) is 11.7. The molecule has 0 amide bonds. The number of benzene rings is 1. The van der Waals surface area contributed by atoms with Crippen molar-refractivity contribution >= 4 is 5.78 Å². The number of ketones is 1. The number of hydrogen-bond acceptors (Lipinski definition) is 1. The maximum absolute atomic E-state index is 11.7.